The number of fused-ring (bicyclic) bond motifs is 1. The normalized spacial score (nSPS) is 16.0. The van der Waals surface area contributed by atoms with Crippen LogP contribution in [0.1, 0.15) is 46.1 Å². The van der Waals surface area contributed by atoms with E-state index in [0.717, 1.165) is 29.3 Å². The molecule has 8 nitrogen and oxygen atoms in total. The number of methoxy groups -OCH3 is 1. The minimum atomic E-state index is -0.135. The average molecular weight is 410 g/mol. The third kappa shape index (κ3) is 4.03. The molecule has 1 aliphatic rings. The molecule has 0 aliphatic carbocycles. The van der Waals surface area contributed by atoms with Gasteiger partial charge in [-0.2, -0.15) is 5.10 Å². The van der Waals surface area contributed by atoms with Crippen molar-refractivity contribution >= 4 is 5.91 Å². The fraction of sp³-hybridized carbons (Fsp3) is 0.409. The van der Waals surface area contributed by atoms with Crippen LogP contribution in [0.25, 0.3) is 0 Å². The first kappa shape index (κ1) is 20.0. The number of nitrogens with one attached hydrogen (secondary N) is 1. The molecule has 1 N–H and O–H groups in total. The molecule has 0 fully saturated rings. The smallest absolute Gasteiger partial charge is 0.346 e. The third-order valence-corrected chi connectivity index (χ3v) is 5.50. The lowest BCUT2D eigenvalue weighted by Gasteiger charge is -2.15. The number of carbonyl (C=O) groups excluding carboxylic acids is 1. The molecule has 8 heteroatoms. The van der Waals surface area contributed by atoms with Gasteiger partial charge in [0.2, 0.25) is 0 Å². The van der Waals surface area contributed by atoms with Gasteiger partial charge >= 0.3 is 5.69 Å². The molecular formula is C22H26N4O4. The Balaban J connectivity index is 1.44. The molecular weight excluding hydrogens is 384 g/mol. The number of aryl methyl sites for hydroxylation is 3. The van der Waals surface area contributed by atoms with Gasteiger partial charge in [-0.25, -0.2) is 9.48 Å². The van der Waals surface area contributed by atoms with Crippen LogP contribution in [-0.4, -0.2) is 33.4 Å². The van der Waals surface area contributed by atoms with E-state index in [-0.39, 0.29) is 17.6 Å². The van der Waals surface area contributed by atoms with Gasteiger partial charge in [0.05, 0.1) is 19.2 Å². The fourth-order valence-electron chi connectivity index (χ4n) is 3.94. The molecule has 1 amide bonds. The summed E-state index contributed by atoms with van der Waals surface area (Å²) in [6, 6.07) is 9.36. The molecule has 1 atom stereocenters. The highest BCUT2D eigenvalue weighted by Gasteiger charge is 2.23. The largest absolute Gasteiger partial charge is 0.497 e. The van der Waals surface area contributed by atoms with Gasteiger partial charge in [-0.15, -0.1) is 0 Å². The van der Waals surface area contributed by atoms with Crippen molar-refractivity contribution in [3.05, 3.63) is 69.3 Å². The van der Waals surface area contributed by atoms with Gasteiger partial charge in [0, 0.05) is 19.0 Å². The number of nitrogens with zero attached hydrogens (tertiary/aromatic N) is 3. The molecule has 0 radical (unpaired) electrons. The lowest BCUT2D eigenvalue weighted by molar-refractivity contribution is 0.0931. The van der Waals surface area contributed by atoms with Crippen molar-refractivity contribution in [3.8, 4) is 5.75 Å². The third-order valence-electron chi connectivity index (χ3n) is 5.50. The second-order valence-electron chi connectivity index (χ2n) is 7.68. The van der Waals surface area contributed by atoms with Gasteiger partial charge in [0.1, 0.15) is 23.1 Å². The topological polar surface area (TPSA) is 91.3 Å². The second kappa shape index (κ2) is 8.22. The van der Waals surface area contributed by atoms with Crippen molar-refractivity contribution in [3.63, 3.8) is 0 Å². The van der Waals surface area contributed by atoms with Crippen LogP contribution in [0.4, 0.5) is 0 Å². The van der Waals surface area contributed by atoms with Crippen molar-refractivity contribution in [2.45, 2.75) is 52.2 Å². The van der Waals surface area contributed by atoms with E-state index in [1.54, 1.807) is 24.7 Å². The maximum atomic E-state index is 12.9. The Labute approximate surface area is 174 Å². The van der Waals surface area contributed by atoms with Gasteiger partial charge in [0.15, 0.2) is 0 Å². The summed E-state index contributed by atoms with van der Waals surface area (Å²) < 4.78 is 13.9. The summed E-state index contributed by atoms with van der Waals surface area (Å²) in [5, 5.41) is 7.63. The van der Waals surface area contributed by atoms with Gasteiger partial charge in [-0.3, -0.25) is 9.36 Å². The van der Waals surface area contributed by atoms with E-state index in [0.29, 0.717) is 37.3 Å². The maximum Gasteiger partial charge on any atom is 0.346 e. The number of carbonyl (C=O) groups is 1. The molecule has 0 bridgehead atoms. The Hall–Kier alpha value is -3.29. The van der Waals surface area contributed by atoms with Crippen molar-refractivity contribution < 1.29 is 13.9 Å². The Morgan fingerprint density at radius 2 is 2.13 bits per heavy atom. The van der Waals surface area contributed by atoms with Crippen LogP contribution in [0.2, 0.25) is 0 Å². The SMILES string of the molecule is COc1cccc(Cn2nc3n(c2=O)CCC(NC(=O)c2cc(C)oc2C)CC3)c1. The first-order chi connectivity index (χ1) is 14.4. The Kier molecular flexibility index (Phi) is 5.48. The highest BCUT2D eigenvalue weighted by Crippen LogP contribution is 2.17. The summed E-state index contributed by atoms with van der Waals surface area (Å²) in [4.78, 5) is 25.4. The number of ether oxygens (including phenoxy) is 1. The number of rotatable bonds is 5. The predicted octanol–water partition coefficient (Wildman–Crippen LogP) is 2.45. The number of hydrogen-bond acceptors (Lipinski definition) is 5. The number of hydrogen-bond donors (Lipinski definition) is 1. The van der Waals surface area contributed by atoms with E-state index in [1.165, 1.54) is 4.68 Å². The molecule has 0 saturated heterocycles. The molecule has 2 aromatic heterocycles. The highest BCUT2D eigenvalue weighted by molar-refractivity contribution is 5.95. The molecule has 0 saturated carbocycles. The van der Waals surface area contributed by atoms with Gasteiger partial charge in [-0.05, 0) is 50.5 Å². The van der Waals surface area contributed by atoms with Crippen molar-refractivity contribution in [2.24, 2.45) is 0 Å². The quantitative estimate of drug-likeness (QED) is 0.698. The molecule has 1 aliphatic heterocycles. The van der Waals surface area contributed by atoms with Gasteiger partial charge in [-0.1, -0.05) is 12.1 Å². The van der Waals surface area contributed by atoms with Crippen LogP contribution in [0.5, 0.6) is 5.75 Å². The Bertz CT molecular complexity index is 1120. The van der Waals surface area contributed by atoms with Gasteiger partial charge < -0.3 is 14.5 Å². The van der Waals surface area contributed by atoms with Crippen molar-refractivity contribution in [2.75, 3.05) is 7.11 Å². The van der Waals surface area contributed by atoms with Crippen LogP contribution in [0.3, 0.4) is 0 Å². The first-order valence-corrected chi connectivity index (χ1v) is 10.1. The predicted molar refractivity (Wildman–Crippen MR) is 111 cm³/mol. The lowest BCUT2D eigenvalue weighted by atomic mass is 10.1. The summed E-state index contributed by atoms with van der Waals surface area (Å²) in [5.41, 5.74) is 1.40. The average Bonchev–Trinajstić information content (AvgIpc) is 3.13. The highest BCUT2D eigenvalue weighted by atomic mass is 16.5. The monoisotopic (exact) mass is 410 g/mol. The summed E-state index contributed by atoms with van der Waals surface area (Å²) in [6.45, 7) is 4.54. The molecule has 3 heterocycles. The van der Waals surface area contributed by atoms with E-state index < -0.39 is 0 Å². The Morgan fingerprint density at radius 1 is 1.30 bits per heavy atom. The van der Waals surface area contributed by atoms with E-state index in [9.17, 15) is 9.59 Å². The summed E-state index contributed by atoms with van der Waals surface area (Å²) in [7, 11) is 1.62. The van der Waals surface area contributed by atoms with E-state index >= 15 is 0 Å². The Morgan fingerprint density at radius 3 is 2.87 bits per heavy atom. The molecule has 1 aromatic carbocycles. The fourth-order valence-corrected chi connectivity index (χ4v) is 3.94. The van der Waals surface area contributed by atoms with Crippen LogP contribution in [0.15, 0.2) is 39.5 Å². The molecule has 3 aromatic rings. The zero-order valence-electron chi connectivity index (χ0n) is 17.5. The van der Waals surface area contributed by atoms with E-state index in [2.05, 4.69) is 10.4 Å². The molecule has 158 valence electrons. The summed E-state index contributed by atoms with van der Waals surface area (Å²) in [6.07, 6.45) is 2.05. The zero-order valence-corrected chi connectivity index (χ0v) is 17.5. The number of amides is 1. The number of furan rings is 1. The molecule has 1 unspecified atom stereocenters. The van der Waals surface area contributed by atoms with E-state index in [4.69, 9.17) is 9.15 Å². The van der Waals surface area contributed by atoms with Crippen molar-refractivity contribution in [1.82, 2.24) is 19.7 Å². The minimum Gasteiger partial charge on any atom is -0.497 e. The second-order valence-corrected chi connectivity index (χ2v) is 7.68. The summed E-state index contributed by atoms with van der Waals surface area (Å²) in [5.74, 6) is 2.71. The first-order valence-electron chi connectivity index (χ1n) is 10.1. The number of benzene rings is 1. The lowest BCUT2D eigenvalue weighted by Crippen LogP contribution is -2.36. The van der Waals surface area contributed by atoms with Crippen LogP contribution >= 0.6 is 0 Å². The molecule has 4 rings (SSSR count). The standard InChI is InChI=1S/C22H26N4O4/c1-14-11-19(15(2)30-14)21(27)23-17-7-8-20-24-26(22(28)25(20)10-9-17)13-16-5-4-6-18(12-16)29-3/h4-6,11-12,17H,7-10,13H2,1-3H3,(H,23,27). The van der Waals surface area contributed by atoms with Gasteiger partial charge in [0.25, 0.3) is 5.91 Å². The van der Waals surface area contributed by atoms with Crippen molar-refractivity contribution in [1.29, 1.82) is 0 Å². The zero-order chi connectivity index (χ0) is 21.3. The number of aromatic nitrogens is 3. The van der Waals surface area contributed by atoms with Crippen LogP contribution in [-0.2, 0) is 19.5 Å². The summed E-state index contributed by atoms with van der Waals surface area (Å²) >= 11 is 0. The van der Waals surface area contributed by atoms with Crippen LogP contribution in [0, 0.1) is 13.8 Å². The van der Waals surface area contributed by atoms with E-state index in [1.807, 2.05) is 31.2 Å². The molecule has 0 spiro atoms. The van der Waals surface area contributed by atoms with Crippen LogP contribution < -0.4 is 15.7 Å². The maximum absolute atomic E-state index is 12.9. The minimum absolute atomic E-state index is 0.0139. The molecule has 30 heavy (non-hydrogen) atoms.